The Labute approximate surface area is 233 Å². The number of nitrogens with zero attached hydrogens (tertiary/aromatic N) is 2. The van der Waals surface area contributed by atoms with Crippen molar-refractivity contribution < 1.29 is 22.7 Å². The lowest BCUT2D eigenvalue weighted by molar-refractivity contribution is -0.140. The fourth-order valence-electron chi connectivity index (χ4n) is 3.63. The lowest BCUT2D eigenvalue weighted by atomic mass is 10.1. The Bertz CT molecular complexity index is 1230. The molecule has 0 radical (unpaired) electrons. The minimum atomic E-state index is -3.98. The number of nitrogens with one attached hydrogen (secondary N) is 1. The highest BCUT2D eigenvalue weighted by Crippen LogP contribution is 2.35. The minimum Gasteiger partial charge on any atom is -0.497 e. The Hall–Kier alpha value is -2.20. The first-order chi connectivity index (χ1) is 17.3. The number of ether oxygens (including phenoxy) is 1. The van der Waals surface area contributed by atoms with E-state index in [9.17, 15) is 18.0 Å². The van der Waals surface area contributed by atoms with Gasteiger partial charge in [-0.25, -0.2) is 8.42 Å². The number of carbonyl (C=O) groups is 2. The third kappa shape index (κ3) is 8.40. The summed E-state index contributed by atoms with van der Waals surface area (Å²) in [5.41, 5.74) is 0.714. The SMILES string of the molecule is CC[C@@H](C)NC(=O)[C@H](CC)N(Cc1cccc(OC)c1)C(=O)CN(c1cc(Cl)c(Cl)cc1Cl)S(C)(=O)=O. The van der Waals surface area contributed by atoms with E-state index in [1.807, 2.05) is 13.8 Å². The maximum Gasteiger partial charge on any atom is 0.244 e. The molecule has 0 saturated carbocycles. The first-order valence-corrected chi connectivity index (χ1v) is 14.7. The molecule has 12 heteroatoms. The molecule has 0 bridgehead atoms. The van der Waals surface area contributed by atoms with Crippen LogP contribution in [0.2, 0.25) is 15.1 Å². The van der Waals surface area contributed by atoms with Gasteiger partial charge in [0.2, 0.25) is 21.8 Å². The number of rotatable bonds is 12. The summed E-state index contributed by atoms with van der Waals surface area (Å²) in [6.45, 7) is 5.05. The summed E-state index contributed by atoms with van der Waals surface area (Å²) in [7, 11) is -2.45. The highest BCUT2D eigenvalue weighted by molar-refractivity contribution is 7.92. The van der Waals surface area contributed by atoms with E-state index in [-0.39, 0.29) is 39.2 Å². The second kappa shape index (κ2) is 13.6. The van der Waals surface area contributed by atoms with Crippen LogP contribution in [0.1, 0.15) is 39.2 Å². The molecule has 37 heavy (non-hydrogen) atoms. The van der Waals surface area contributed by atoms with E-state index in [1.165, 1.54) is 24.1 Å². The molecule has 2 rings (SSSR count). The van der Waals surface area contributed by atoms with Crippen LogP contribution in [0.4, 0.5) is 5.69 Å². The van der Waals surface area contributed by atoms with E-state index >= 15 is 0 Å². The molecular formula is C25H32Cl3N3O5S. The van der Waals surface area contributed by atoms with Gasteiger partial charge >= 0.3 is 0 Å². The predicted molar refractivity (Wildman–Crippen MR) is 149 cm³/mol. The summed E-state index contributed by atoms with van der Waals surface area (Å²) >= 11 is 18.4. The summed E-state index contributed by atoms with van der Waals surface area (Å²) < 4.78 is 31.7. The summed E-state index contributed by atoms with van der Waals surface area (Å²) in [4.78, 5) is 28.3. The molecule has 0 unspecified atom stereocenters. The zero-order chi connectivity index (χ0) is 27.9. The highest BCUT2D eigenvalue weighted by Gasteiger charge is 2.33. The second-order valence-corrected chi connectivity index (χ2v) is 11.7. The molecule has 2 aromatic rings. The van der Waals surface area contributed by atoms with Crippen molar-refractivity contribution in [1.29, 1.82) is 0 Å². The Morgan fingerprint density at radius 3 is 2.24 bits per heavy atom. The molecule has 0 fully saturated rings. The van der Waals surface area contributed by atoms with Crippen LogP contribution in [-0.4, -0.2) is 57.1 Å². The van der Waals surface area contributed by atoms with Gasteiger partial charge in [-0.15, -0.1) is 0 Å². The Morgan fingerprint density at radius 2 is 1.68 bits per heavy atom. The number of amides is 2. The highest BCUT2D eigenvalue weighted by atomic mass is 35.5. The van der Waals surface area contributed by atoms with E-state index in [2.05, 4.69) is 5.32 Å². The fraction of sp³-hybridized carbons (Fsp3) is 0.440. The number of hydrogen-bond donors (Lipinski definition) is 1. The van der Waals surface area contributed by atoms with Crippen LogP contribution >= 0.6 is 34.8 Å². The predicted octanol–water partition coefficient (Wildman–Crippen LogP) is 5.14. The van der Waals surface area contributed by atoms with Crippen molar-refractivity contribution >= 4 is 62.3 Å². The van der Waals surface area contributed by atoms with Crippen molar-refractivity contribution in [2.45, 2.75) is 52.2 Å². The fourth-order valence-corrected chi connectivity index (χ4v) is 5.17. The normalized spacial score (nSPS) is 13.0. The zero-order valence-electron chi connectivity index (χ0n) is 21.4. The van der Waals surface area contributed by atoms with Gasteiger partial charge in [-0.1, -0.05) is 60.8 Å². The van der Waals surface area contributed by atoms with Gasteiger partial charge in [0.1, 0.15) is 18.3 Å². The minimum absolute atomic E-state index is 0.00496. The number of carbonyl (C=O) groups excluding carboxylic acids is 2. The van der Waals surface area contributed by atoms with Gasteiger partial charge in [0.15, 0.2) is 0 Å². The van der Waals surface area contributed by atoms with Crippen LogP contribution in [0.3, 0.4) is 0 Å². The number of anilines is 1. The van der Waals surface area contributed by atoms with Gasteiger partial charge in [0.05, 0.1) is 34.1 Å². The number of benzene rings is 2. The lowest BCUT2D eigenvalue weighted by Crippen LogP contribution is -2.53. The first kappa shape index (κ1) is 31.0. The molecule has 2 amide bonds. The van der Waals surface area contributed by atoms with Crippen molar-refractivity contribution in [1.82, 2.24) is 10.2 Å². The van der Waals surface area contributed by atoms with Gasteiger partial charge in [-0.05, 0) is 49.6 Å². The van der Waals surface area contributed by atoms with Crippen LogP contribution < -0.4 is 14.4 Å². The average molecular weight is 593 g/mol. The maximum absolute atomic E-state index is 13.8. The Morgan fingerprint density at radius 1 is 1.03 bits per heavy atom. The standard InChI is InChI=1S/C25H32Cl3N3O5S/c1-6-16(3)29-25(33)22(7-2)30(14-17-9-8-10-18(11-17)36-4)24(32)15-31(37(5,34)35)23-13-20(27)19(26)12-21(23)28/h8-13,16,22H,6-7,14-15H2,1-5H3,(H,29,33)/t16-,22+/m1/s1. The van der Waals surface area contributed by atoms with E-state index in [4.69, 9.17) is 39.5 Å². The summed E-state index contributed by atoms with van der Waals surface area (Å²) in [5.74, 6) is -0.338. The molecule has 0 aliphatic heterocycles. The van der Waals surface area contributed by atoms with Gasteiger partial charge in [-0.2, -0.15) is 0 Å². The van der Waals surface area contributed by atoms with E-state index < -0.39 is 28.5 Å². The number of halogens is 3. The van der Waals surface area contributed by atoms with Crippen LogP contribution in [-0.2, 0) is 26.2 Å². The third-order valence-corrected chi connectivity index (χ3v) is 7.96. The Kier molecular flexibility index (Phi) is 11.4. The molecule has 0 aliphatic carbocycles. The van der Waals surface area contributed by atoms with Crippen molar-refractivity contribution in [3.8, 4) is 5.75 Å². The largest absolute Gasteiger partial charge is 0.497 e. The topological polar surface area (TPSA) is 96.0 Å². The molecule has 0 aliphatic rings. The van der Waals surface area contributed by atoms with Crippen LogP contribution in [0.5, 0.6) is 5.75 Å². The molecule has 8 nitrogen and oxygen atoms in total. The van der Waals surface area contributed by atoms with Crippen LogP contribution in [0.15, 0.2) is 36.4 Å². The van der Waals surface area contributed by atoms with Crippen molar-refractivity contribution in [2.75, 3.05) is 24.2 Å². The molecule has 0 saturated heterocycles. The van der Waals surface area contributed by atoms with Crippen molar-refractivity contribution in [3.63, 3.8) is 0 Å². The zero-order valence-corrected chi connectivity index (χ0v) is 24.5. The monoisotopic (exact) mass is 591 g/mol. The Balaban J connectivity index is 2.52. The molecule has 2 aromatic carbocycles. The van der Waals surface area contributed by atoms with Gasteiger partial charge in [0, 0.05) is 12.6 Å². The maximum atomic E-state index is 13.8. The lowest BCUT2D eigenvalue weighted by Gasteiger charge is -2.33. The molecule has 204 valence electrons. The van der Waals surface area contributed by atoms with Crippen LogP contribution in [0.25, 0.3) is 0 Å². The second-order valence-electron chi connectivity index (χ2n) is 8.60. The number of methoxy groups -OCH3 is 1. The van der Waals surface area contributed by atoms with Gasteiger partial charge in [0.25, 0.3) is 0 Å². The number of hydrogen-bond acceptors (Lipinski definition) is 5. The van der Waals surface area contributed by atoms with Crippen molar-refractivity contribution in [2.24, 2.45) is 0 Å². The molecule has 2 atom stereocenters. The van der Waals surface area contributed by atoms with Crippen molar-refractivity contribution in [3.05, 3.63) is 57.0 Å². The average Bonchev–Trinajstić information content (AvgIpc) is 2.84. The summed E-state index contributed by atoms with van der Waals surface area (Å²) in [6, 6.07) is 8.74. The third-order valence-electron chi connectivity index (χ3n) is 5.81. The van der Waals surface area contributed by atoms with E-state index in [0.29, 0.717) is 24.2 Å². The van der Waals surface area contributed by atoms with Gasteiger partial charge in [-0.3, -0.25) is 13.9 Å². The van der Waals surface area contributed by atoms with E-state index in [1.54, 1.807) is 31.2 Å². The molecule has 1 N–H and O–H groups in total. The quantitative estimate of drug-likeness (QED) is 0.344. The first-order valence-electron chi connectivity index (χ1n) is 11.7. The van der Waals surface area contributed by atoms with Crippen LogP contribution in [0, 0.1) is 0 Å². The smallest absolute Gasteiger partial charge is 0.244 e. The molecule has 0 spiro atoms. The van der Waals surface area contributed by atoms with Gasteiger partial charge < -0.3 is 15.0 Å². The number of sulfonamides is 1. The summed E-state index contributed by atoms with van der Waals surface area (Å²) in [5, 5.41) is 3.15. The summed E-state index contributed by atoms with van der Waals surface area (Å²) in [6.07, 6.45) is 1.98. The molecule has 0 heterocycles. The molecular weight excluding hydrogens is 561 g/mol. The molecule has 0 aromatic heterocycles. The van der Waals surface area contributed by atoms with E-state index in [0.717, 1.165) is 10.6 Å².